The maximum Gasteiger partial charge on any atom is 0.231 e. The molecule has 0 aliphatic heterocycles. The minimum absolute atomic E-state index is 0.166. The molecule has 0 aromatic heterocycles. The largest absolute Gasteiger partial charge is 0.289 e. The number of rotatable bonds is 4. The molecule has 5 heteroatoms. The Labute approximate surface area is 117 Å². The fourth-order valence-corrected chi connectivity index (χ4v) is 2.10. The number of carbonyl (C=O) groups is 1. The van der Waals surface area contributed by atoms with Crippen LogP contribution in [0.5, 0.6) is 0 Å². The van der Waals surface area contributed by atoms with Crippen molar-refractivity contribution in [3.8, 4) is 0 Å². The highest BCUT2D eigenvalue weighted by atomic mass is 32.2. The van der Waals surface area contributed by atoms with Gasteiger partial charge in [-0.25, -0.2) is 13.6 Å². The van der Waals surface area contributed by atoms with Gasteiger partial charge in [-0.15, -0.1) is 0 Å². The van der Waals surface area contributed by atoms with Crippen LogP contribution < -0.4 is 5.14 Å². The van der Waals surface area contributed by atoms with Gasteiger partial charge in [0.15, 0.2) is 5.78 Å². The molecule has 2 aromatic carbocycles. The number of benzene rings is 2. The van der Waals surface area contributed by atoms with E-state index in [4.69, 9.17) is 5.14 Å². The molecular formula is C15H13NO3S. The molecule has 0 amide bonds. The van der Waals surface area contributed by atoms with E-state index in [1.54, 1.807) is 48.5 Å². The monoisotopic (exact) mass is 287 g/mol. The lowest BCUT2D eigenvalue weighted by molar-refractivity contribution is 0.103. The number of nitrogens with two attached hydrogens (primary N) is 1. The Morgan fingerprint density at radius 3 is 2.20 bits per heavy atom. The summed E-state index contributed by atoms with van der Waals surface area (Å²) in [4.78, 5) is 12.4. The van der Waals surface area contributed by atoms with Crippen LogP contribution in [0.4, 0.5) is 0 Å². The van der Waals surface area contributed by atoms with Crippen LogP contribution in [0.25, 0.3) is 6.08 Å². The first kappa shape index (κ1) is 14.2. The second kappa shape index (κ2) is 5.81. The van der Waals surface area contributed by atoms with Gasteiger partial charge in [0.25, 0.3) is 0 Å². The van der Waals surface area contributed by atoms with Gasteiger partial charge in [0.05, 0.1) is 0 Å². The zero-order chi connectivity index (χ0) is 14.6. The summed E-state index contributed by atoms with van der Waals surface area (Å²) in [6.45, 7) is 0. The summed E-state index contributed by atoms with van der Waals surface area (Å²) in [6.07, 6.45) is 1.32. The number of hydrogen-bond donors (Lipinski definition) is 1. The molecule has 0 heterocycles. The van der Waals surface area contributed by atoms with Crippen LogP contribution in [0.3, 0.4) is 0 Å². The van der Waals surface area contributed by atoms with Gasteiger partial charge in [-0.3, -0.25) is 4.79 Å². The van der Waals surface area contributed by atoms with Gasteiger partial charge in [0, 0.05) is 16.5 Å². The SMILES string of the molecule is NS(=O)(=O)/C=C/c1ccccc1C(=O)c1ccccc1. The number of ketones is 1. The second-order valence-electron chi connectivity index (χ2n) is 4.17. The normalized spacial score (nSPS) is 11.7. The van der Waals surface area contributed by atoms with E-state index in [1.807, 2.05) is 6.07 Å². The Bertz CT molecular complexity index is 750. The molecule has 2 aromatic rings. The summed E-state index contributed by atoms with van der Waals surface area (Å²) in [6, 6.07) is 15.6. The smallest absolute Gasteiger partial charge is 0.231 e. The standard InChI is InChI=1S/C15H13NO3S/c16-20(18,19)11-10-12-6-4-5-9-14(12)15(17)13-7-2-1-3-8-13/h1-11H,(H2,16,18,19)/b11-10+. The Morgan fingerprint density at radius 2 is 1.55 bits per heavy atom. The van der Waals surface area contributed by atoms with E-state index in [2.05, 4.69) is 0 Å². The molecule has 0 fully saturated rings. The van der Waals surface area contributed by atoms with Gasteiger partial charge in [0.1, 0.15) is 0 Å². The molecule has 0 aliphatic rings. The van der Waals surface area contributed by atoms with Gasteiger partial charge >= 0.3 is 0 Å². The highest BCUT2D eigenvalue weighted by Crippen LogP contribution is 2.16. The summed E-state index contributed by atoms with van der Waals surface area (Å²) < 4.78 is 21.9. The van der Waals surface area contributed by atoms with E-state index >= 15 is 0 Å². The highest BCUT2D eigenvalue weighted by Gasteiger charge is 2.11. The Hall–Kier alpha value is -2.24. The van der Waals surface area contributed by atoms with Crippen molar-refractivity contribution in [2.45, 2.75) is 0 Å². The van der Waals surface area contributed by atoms with Crippen molar-refractivity contribution < 1.29 is 13.2 Å². The van der Waals surface area contributed by atoms with Crippen LogP contribution in [0.1, 0.15) is 21.5 Å². The van der Waals surface area contributed by atoms with Gasteiger partial charge in [-0.1, -0.05) is 54.6 Å². The molecule has 0 bridgehead atoms. The van der Waals surface area contributed by atoms with Crippen molar-refractivity contribution in [3.63, 3.8) is 0 Å². The Balaban J connectivity index is 2.43. The van der Waals surface area contributed by atoms with E-state index in [0.717, 1.165) is 5.41 Å². The third-order valence-electron chi connectivity index (χ3n) is 2.68. The Morgan fingerprint density at radius 1 is 0.950 bits per heavy atom. The minimum Gasteiger partial charge on any atom is -0.289 e. The minimum atomic E-state index is -3.72. The predicted octanol–water partition coefficient (Wildman–Crippen LogP) is 2.18. The number of primary sulfonamides is 1. The van der Waals surface area contributed by atoms with Crippen LogP contribution in [0.2, 0.25) is 0 Å². The fourth-order valence-electron chi connectivity index (χ4n) is 1.76. The fraction of sp³-hybridized carbons (Fsp3) is 0. The summed E-state index contributed by atoms with van der Waals surface area (Å²) in [5.74, 6) is -0.166. The van der Waals surface area contributed by atoms with Gasteiger partial charge in [-0.2, -0.15) is 0 Å². The maximum atomic E-state index is 12.4. The number of sulfonamides is 1. The van der Waals surface area contributed by atoms with Gasteiger partial charge < -0.3 is 0 Å². The van der Waals surface area contributed by atoms with Gasteiger partial charge in [0.2, 0.25) is 10.0 Å². The quantitative estimate of drug-likeness (QED) is 0.875. The average molecular weight is 287 g/mol. The van der Waals surface area contributed by atoms with Crippen LogP contribution in [0.15, 0.2) is 60.0 Å². The molecule has 102 valence electrons. The average Bonchev–Trinajstić information content (AvgIpc) is 2.45. The first-order valence-electron chi connectivity index (χ1n) is 5.87. The predicted molar refractivity (Wildman–Crippen MR) is 78.5 cm³/mol. The van der Waals surface area contributed by atoms with Crippen LogP contribution in [0, 0.1) is 0 Å². The molecule has 0 radical (unpaired) electrons. The van der Waals surface area contributed by atoms with E-state index in [9.17, 15) is 13.2 Å². The van der Waals surface area contributed by atoms with E-state index in [-0.39, 0.29) is 5.78 Å². The van der Waals surface area contributed by atoms with Crippen LogP contribution >= 0.6 is 0 Å². The molecule has 4 nitrogen and oxygen atoms in total. The molecule has 0 spiro atoms. The molecule has 0 atom stereocenters. The molecule has 2 rings (SSSR count). The van der Waals surface area contributed by atoms with Crippen molar-refractivity contribution in [2.24, 2.45) is 5.14 Å². The highest BCUT2D eigenvalue weighted by molar-refractivity contribution is 7.92. The van der Waals surface area contributed by atoms with Gasteiger partial charge in [-0.05, 0) is 11.6 Å². The topological polar surface area (TPSA) is 77.2 Å². The van der Waals surface area contributed by atoms with E-state index in [1.165, 1.54) is 6.08 Å². The Kier molecular flexibility index (Phi) is 4.12. The number of hydrogen-bond acceptors (Lipinski definition) is 3. The summed E-state index contributed by atoms with van der Waals surface area (Å²) in [5, 5.41) is 5.80. The first-order valence-corrected chi connectivity index (χ1v) is 7.48. The van der Waals surface area contributed by atoms with E-state index < -0.39 is 10.0 Å². The molecular weight excluding hydrogens is 274 g/mol. The molecule has 20 heavy (non-hydrogen) atoms. The lowest BCUT2D eigenvalue weighted by atomic mass is 9.98. The summed E-state index contributed by atoms with van der Waals surface area (Å²) in [7, 11) is -3.72. The number of carbonyl (C=O) groups excluding carboxylic acids is 1. The zero-order valence-corrected chi connectivity index (χ0v) is 11.4. The molecule has 0 saturated heterocycles. The van der Waals surface area contributed by atoms with Crippen LogP contribution in [-0.4, -0.2) is 14.2 Å². The third kappa shape index (κ3) is 3.63. The van der Waals surface area contributed by atoms with Crippen LogP contribution in [-0.2, 0) is 10.0 Å². The molecule has 0 unspecified atom stereocenters. The lowest BCUT2D eigenvalue weighted by Crippen LogP contribution is -2.07. The maximum absolute atomic E-state index is 12.4. The first-order chi connectivity index (χ1) is 9.47. The molecule has 0 saturated carbocycles. The molecule has 2 N–H and O–H groups in total. The van der Waals surface area contributed by atoms with E-state index in [0.29, 0.717) is 16.7 Å². The zero-order valence-electron chi connectivity index (χ0n) is 10.6. The van der Waals surface area contributed by atoms with Crippen molar-refractivity contribution in [1.82, 2.24) is 0 Å². The van der Waals surface area contributed by atoms with Crippen molar-refractivity contribution >= 4 is 21.9 Å². The van der Waals surface area contributed by atoms with Crippen molar-refractivity contribution in [3.05, 3.63) is 76.7 Å². The van der Waals surface area contributed by atoms with Crippen molar-refractivity contribution in [2.75, 3.05) is 0 Å². The summed E-state index contributed by atoms with van der Waals surface area (Å²) in [5.41, 5.74) is 1.48. The van der Waals surface area contributed by atoms with Crippen molar-refractivity contribution in [1.29, 1.82) is 0 Å². The second-order valence-corrected chi connectivity index (χ2v) is 5.62. The molecule has 0 aliphatic carbocycles. The summed E-state index contributed by atoms with van der Waals surface area (Å²) >= 11 is 0. The third-order valence-corrected chi connectivity index (χ3v) is 3.19. The lowest BCUT2D eigenvalue weighted by Gasteiger charge is -2.05.